The molecule has 0 aliphatic carbocycles. The van der Waals surface area contributed by atoms with Crippen LogP contribution in [0.1, 0.15) is 5.56 Å². The van der Waals surface area contributed by atoms with Crippen LogP contribution >= 0.6 is 0 Å². The van der Waals surface area contributed by atoms with E-state index < -0.39 is 6.03 Å². The largest absolute Gasteiger partial charge is 0.351 e. The lowest BCUT2D eigenvalue weighted by atomic mass is 10.3. The van der Waals surface area contributed by atoms with Crippen molar-refractivity contribution in [3.63, 3.8) is 0 Å². The lowest BCUT2D eigenvalue weighted by Crippen LogP contribution is -2.18. The molecule has 0 aliphatic rings. The van der Waals surface area contributed by atoms with Crippen LogP contribution in [0.25, 0.3) is 11.0 Å². The zero-order valence-electron chi connectivity index (χ0n) is 7.19. The van der Waals surface area contributed by atoms with Crippen molar-refractivity contribution in [3.8, 4) is 0 Å². The molecule has 2 aromatic rings. The van der Waals surface area contributed by atoms with E-state index in [-0.39, 0.29) is 0 Å². The fourth-order valence-electron chi connectivity index (χ4n) is 1.40. The minimum atomic E-state index is -0.480. The zero-order valence-corrected chi connectivity index (χ0v) is 7.19. The van der Waals surface area contributed by atoms with E-state index in [1.54, 1.807) is 18.5 Å². The SMILES string of the molecule is Cc1cn(C(N)=O)c2cccnc12. The molecule has 1 amide bonds. The Morgan fingerprint density at radius 3 is 3.08 bits per heavy atom. The van der Waals surface area contributed by atoms with Crippen molar-refractivity contribution in [2.24, 2.45) is 5.73 Å². The smallest absolute Gasteiger partial charge is 0.323 e. The molecule has 2 aromatic heterocycles. The summed E-state index contributed by atoms with van der Waals surface area (Å²) in [5.41, 5.74) is 7.72. The molecule has 0 fully saturated rings. The molecule has 0 aromatic carbocycles. The third-order valence-electron chi connectivity index (χ3n) is 1.98. The van der Waals surface area contributed by atoms with Crippen molar-refractivity contribution >= 4 is 17.1 Å². The van der Waals surface area contributed by atoms with Gasteiger partial charge < -0.3 is 5.73 Å². The number of hydrogen-bond acceptors (Lipinski definition) is 2. The van der Waals surface area contributed by atoms with Gasteiger partial charge in [0.15, 0.2) is 0 Å². The number of hydrogen-bond donors (Lipinski definition) is 1. The number of nitrogens with two attached hydrogens (primary N) is 1. The molecule has 0 bridgehead atoms. The van der Waals surface area contributed by atoms with E-state index in [4.69, 9.17) is 5.73 Å². The van der Waals surface area contributed by atoms with Gasteiger partial charge in [-0.1, -0.05) is 0 Å². The zero-order chi connectivity index (χ0) is 9.42. The van der Waals surface area contributed by atoms with Gasteiger partial charge in [0.05, 0.1) is 11.0 Å². The van der Waals surface area contributed by atoms with Crippen molar-refractivity contribution in [2.45, 2.75) is 6.92 Å². The van der Waals surface area contributed by atoms with Crippen LogP contribution in [-0.4, -0.2) is 15.6 Å². The third kappa shape index (κ3) is 1.07. The maximum absolute atomic E-state index is 11.0. The second-order valence-electron chi connectivity index (χ2n) is 2.89. The van der Waals surface area contributed by atoms with Crippen molar-refractivity contribution in [3.05, 3.63) is 30.1 Å². The molecular weight excluding hydrogens is 166 g/mol. The van der Waals surface area contributed by atoms with Gasteiger partial charge in [0.1, 0.15) is 0 Å². The average Bonchev–Trinajstić information content (AvgIpc) is 2.45. The van der Waals surface area contributed by atoms with Gasteiger partial charge in [-0.3, -0.25) is 9.55 Å². The molecule has 4 nitrogen and oxygen atoms in total. The summed E-state index contributed by atoms with van der Waals surface area (Å²) < 4.78 is 1.40. The van der Waals surface area contributed by atoms with Crippen LogP contribution < -0.4 is 5.73 Å². The lowest BCUT2D eigenvalue weighted by Gasteiger charge is -1.96. The van der Waals surface area contributed by atoms with Gasteiger partial charge >= 0.3 is 6.03 Å². The Bertz CT molecular complexity index is 473. The summed E-state index contributed by atoms with van der Waals surface area (Å²) >= 11 is 0. The van der Waals surface area contributed by atoms with Crippen LogP contribution in [0.3, 0.4) is 0 Å². The van der Waals surface area contributed by atoms with E-state index >= 15 is 0 Å². The second kappa shape index (κ2) is 2.58. The fourth-order valence-corrected chi connectivity index (χ4v) is 1.40. The molecule has 2 heterocycles. The van der Waals surface area contributed by atoms with Gasteiger partial charge in [0.25, 0.3) is 0 Å². The van der Waals surface area contributed by atoms with Crippen LogP contribution in [0.5, 0.6) is 0 Å². The number of carbonyl (C=O) groups is 1. The Hall–Kier alpha value is -1.84. The molecule has 0 saturated carbocycles. The number of amides is 1. The van der Waals surface area contributed by atoms with Gasteiger partial charge in [-0.15, -0.1) is 0 Å². The standard InChI is InChI=1S/C9H9N3O/c1-6-5-12(9(10)13)7-3-2-4-11-8(6)7/h2-5H,1H3,(H2,10,13). The van der Waals surface area contributed by atoms with Crippen molar-refractivity contribution in [1.29, 1.82) is 0 Å². The minimum Gasteiger partial charge on any atom is -0.351 e. The quantitative estimate of drug-likeness (QED) is 0.655. The van der Waals surface area contributed by atoms with Gasteiger partial charge in [-0.05, 0) is 24.6 Å². The highest BCUT2D eigenvalue weighted by Gasteiger charge is 2.08. The summed E-state index contributed by atoms with van der Waals surface area (Å²) in [6.07, 6.45) is 3.39. The van der Waals surface area contributed by atoms with Crippen LogP contribution in [0.4, 0.5) is 4.79 Å². The molecule has 0 aliphatic heterocycles. The Morgan fingerprint density at radius 2 is 2.38 bits per heavy atom. The molecule has 2 N–H and O–H groups in total. The van der Waals surface area contributed by atoms with Gasteiger partial charge in [0, 0.05) is 12.4 Å². The molecule has 0 spiro atoms. The molecule has 0 unspecified atom stereocenters. The van der Waals surface area contributed by atoms with E-state index in [0.717, 1.165) is 16.6 Å². The summed E-state index contributed by atoms with van der Waals surface area (Å²) in [6, 6.07) is 3.12. The second-order valence-corrected chi connectivity index (χ2v) is 2.89. The van der Waals surface area contributed by atoms with Crippen molar-refractivity contribution in [2.75, 3.05) is 0 Å². The lowest BCUT2D eigenvalue weighted by molar-refractivity contribution is 0.251. The van der Waals surface area contributed by atoms with E-state index in [9.17, 15) is 4.79 Å². The topological polar surface area (TPSA) is 60.9 Å². The number of fused-ring (bicyclic) bond motifs is 1. The molecule has 66 valence electrons. The number of rotatable bonds is 0. The van der Waals surface area contributed by atoms with E-state index in [0.29, 0.717) is 0 Å². The summed E-state index contributed by atoms with van der Waals surface area (Å²) in [5.74, 6) is 0. The predicted octanol–water partition coefficient (Wildman–Crippen LogP) is 1.27. The van der Waals surface area contributed by atoms with Gasteiger partial charge in [0.2, 0.25) is 0 Å². The van der Waals surface area contributed by atoms with Crippen LogP contribution in [0.2, 0.25) is 0 Å². The summed E-state index contributed by atoms with van der Waals surface area (Å²) in [6.45, 7) is 1.90. The third-order valence-corrected chi connectivity index (χ3v) is 1.98. The highest BCUT2D eigenvalue weighted by atomic mass is 16.2. The Morgan fingerprint density at radius 1 is 1.62 bits per heavy atom. The van der Waals surface area contributed by atoms with Crippen LogP contribution in [0.15, 0.2) is 24.5 Å². The maximum Gasteiger partial charge on any atom is 0.323 e. The molecule has 0 saturated heterocycles. The Labute approximate surface area is 75.0 Å². The van der Waals surface area contributed by atoms with Crippen molar-refractivity contribution in [1.82, 2.24) is 9.55 Å². The highest BCUT2D eigenvalue weighted by Crippen LogP contribution is 2.16. The van der Waals surface area contributed by atoms with Crippen LogP contribution in [0, 0.1) is 6.92 Å². The monoisotopic (exact) mass is 175 g/mol. The summed E-state index contributed by atoms with van der Waals surface area (Å²) in [7, 11) is 0. The average molecular weight is 175 g/mol. The maximum atomic E-state index is 11.0. The van der Waals surface area contributed by atoms with Gasteiger partial charge in [-0.25, -0.2) is 4.79 Å². The number of aryl methyl sites for hydroxylation is 1. The summed E-state index contributed by atoms with van der Waals surface area (Å²) in [4.78, 5) is 15.1. The fraction of sp³-hybridized carbons (Fsp3) is 0.111. The normalized spacial score (nSPS) is 10.5. The molecule has 0 radical (unpaired) electrons. The molecule has 2 rings (SSSR count). The Kier molecular flexibility index (Phi) is 1.55. The number of aromatic nitrogens is 2. The molecule has 0 atom stereocenters. The summed E-state index contributed by atoms with van der Waals surface area (Å²) in [5, 5.41) is 0. The number of nitrogens with zero attached hydrogens (tertiary/aromatic N) is 2. The first kappa shape index (κ1) is 7.79. The molecular formula is C9H9N3O. The van der Waals surface area contributed by atoms with Crippen LogP contribution in [-0.2, 0) is 0 Å². The minimum absolute atomic E-state index is 0.480. The van der Waals surface area contributed by atoms with E-state index in [2.05, 4.69) is 4.98 Å². The first-order chi connectivity index (χ1) is 6.20. The number of pyridine rings is 1. The van der Waals surface area contributed by atoms with Crippen molar-refractivity contribution < 1.29 is 4.79 Å². The van der Waals surface area contributed by atoms with E-state index in [1.807, 2.05) is 13.0 Å². The Balaban J connectivity index is 2.85. The van der Waals surface area contributed by atoms with E-state index in [1.165, 1.54) is 4.57 Å². The first-order valence-corrected chi connectivity index (χ1v) is 3.92. The molecule has 13 heavy (non-hydrogen) atoms. The number of carbonyl (C=O) groups excluding carboxylic acids is 1. The van der Waals surface area contributed by atoms with Gasteiger partial charge in [-0.2, -0.15) is 0 Å². The first-order valence-electron chi connectivity index (χ1n) is 3.92. The number of primary amides is 1. The predicted molar refractivity (Wildman–Crippen MR) is 49.5 cm³/mol. The highest BCUT2D eigenvalue weighted by molar-refractivity contribution is 5.90. The molecule has 4 heteroatoms.